The van der Waals surface area contributed by atoms with Gasteiger partial charge in [0.2, 0.25) is 0 Å². The Kier molecular flexibility index (Phi) is 5.73. The lowest BCUT2D eigenvalue weighted by atomic mass is 10.0. The predicted molar refractivity (Wildman–Crippen MR) is 98.4 cm³/mol. The van der Waals surface area contributed by atoms with Gasteiger partial charge in [-0.05, 0) is 71.3 Å². The molecule has 1 aliphatic rings. The summed E-state index contributed by atoms with van der Waals surface area (Å²) in [6, 6.07) is 2.11. The van der Waals surface area contributed by atoms with Crippen molar-refractivity contribution < 1.29 is 9.53 Å². The number of carbonyl (C=O) groups excluding carboxylic acids is 1. The molecule has 0 spiro atoms. The van der Waals surface area contributed by atoms with E-state index in [1.807, 2.05) is 17.8 Å². The Hall–Kier alpha value is -1.89. The lowest BCUT2D eigenvalue weighted by Gasteiger charge is -2.23. The number of halogens is 1. The number of rotatable bonds is 6. The largest absolute Gasteiger partial charge is 0.356 e. The molecule has 0 radical (unpaired) electrons. The number of ether oxygens (including phenoxy) is 1. The number of Topliss-reactive ketones (excluding diaryl/α,β-unsaturated/α-hetero) is 1. The number of aromatic nitrogens is 2. The topological polar surface area (TPSA) is 92.9 Å². The average molecular weight is 406 g/mol. The van der Waals surface area contributed by atoms with Crippen LogP contribution in [0.25, 0.3) is 21.3 Å². The van der Waals surface area contributed by atoms with Crippen molar-refractivity contribution in [3.8, 4) is 0 Å². The van der Waals surface area contributed by atoms with E-state index in [1.165, 1.54) is 0 Å². The lowest BCUT2D eigenvalue weighted by molar-refractivity contribution is -0.117. The number of ketones is 1. The Labute approximate surface area is 154 Å². The Morgan fingerprint density at radius 3 is 3.12 bits per heavy atom. The fraction of sp³-hybridized carbons (Fsp3) is 0.529. The van der Waals surface area contributed by atoms with Gasteiger partial charge in [0.15, 0.2) is 6.23 Å². The van der Waals surface area contributed by atoms with Gasteiger partial charge in [0, 0.05) is 27.8 Å². The molecule has 2 aromatic rings. The highest BCUT2D eigenvalue weighted by atomic mass is 79.9. The zero-order valence-electron chi connectivity index (χ0n) is 14.1. The third-order valence-electron chi connectivity index (χ3n) is 4.56. The van der Waals surface area contributed by atoms with E-state index in [2.05, 4.69) is 37.1 Å². The molecule has 0 amide bonds. The highest BCUT2D eigenvalue weighted by Crippen LogP contribution is 2.34. The molecule has 2 heterocycles. The van der Waals surface area contributed by atoms with Crippen LogP contribution in [0.4, 0.5) is 0 Å². The van der Waals surface area contributed by atoms with Crippen molar-refractivity contribution in [3.05, 3.63) is 38.3 Å². The SMILES string of the molecule is Cc1cc2c(cnn2C2CCCCO2)c(Br)c1CCC(=O)CN=[N+]=[N-]. The van der Waals surface area contributed by atoms with Crippen LogP contribution in [0.2, 0.25) is 0 Å². The van der Waals surface area contributed by atoms with Crippen molar-refractivity contribution in [1.29, 1.82) is 0 Å². The number of hydrogen-bond donors (Lipinski definition) is 0. The molecule has 1 aliphatic heterocycles. The van der Waals surface area contributed by atoms with Crippen LogP contribution in [0.1, 0.15) is 43.0 Å². The summed E-state index contributed by atoms with van der Waals surface area (Å²) in [4.78, 5) is 14.4. The molecule has 1 aromatic heterocycles. The summed E-state index contributed by atoms with van der Waals surface area (Å²) in [6.07, 6.45) is 6.03. The quantitative estimate of drug-likeness (QED) is 0.398. The van der Waals surface area contributed by atoms with Crippen molar-refractivity contribution in [2.24, 2.45) is 5.11 Å². The smallest absolute Gasteiger partial charge is 0.150 e. The molecule has 3 rings (SSSR count). The second kappa shape index (κ2) is 7.99. The summed E-state index contributed by atoms with van der Waals surface area (Å²) in [5.41, 5.74) is 11.5. The zero-order chi connectivity index (χ0) is 17.8. The Morgan fingerprint density at radius 1 is 1.56 bits per heavy atom. The van der Waals surface area contributed by atoms with E-state index < -0.39 is 0 Å². The van der Waals surface area contributed by atoms with E-state index in [0.29, 0.717) is 12.8 Å². The first kappa shape index (κ1) is 17.9. The molecule has 25 heavy (non-hydrogen) atoms. The van der Waals surface area contributed by atoms with E-state index in [1.54, 1.807) is 0 Å². The van der Waals surface area contributed by atoms with Crippen molar-refractivity contribution in [2.45, 2.75) is 45.3 Å². The van der Waals surface area contributed by atoms with Gasteiger partial charge in [-0.25, -0.2) is 4.68 Å². The normalized spacial score (nSPS) is 17.4. The first-order valence-electron chi connectivity index (χ1n) is 8.41. The highest BCUT2D eigenvalue weighted by Gasteiger charge is 2.21. The van der Waals surface area contributed by atoms with E-state index in [9.17, 15) is 4.79 Å². The minimum Gasteiger partial charge on any atom is -0.356 e. The maximum absolute atomic E-state index is 11.8. The second-order valence-corrected chi connectivity index (χ2v) is 7.05. The van der Waals surface area contributed by atoms with Crippen LogP contribution in [0.5, 0.6) is 0 Å². The molecular weight excluding hydrogens is 386 g/mol. The maximum atomic E-state index is 11.8. The Morgan fingerprint density at radius 2 is 2.40 bits per heavy atom. The minimum absolute atomic E-state index is 0.00572. The van der Waals surface area contributed by atoms with Gasteiger partial charge < -0.3 is 4.74 Å². The molecule has 8 heteroatoms. The molecule has 0 N–H and O–H groups in total. The molecule has 7 nitrogen and oxygen atoms in total. The summed E-state index contributed by atoms with van der Waals surface area (Å²) in [5.74, 6) is -0.0597. The van der Waals surface area contributed by atoms with Crippen molar-refractivity contribution in [2.75, 3.05) is 13.2 Å². The molecule has 0 bridgehead atoms. The first-order chi connectivity index (χ1) is 12.1. The maximum Gasteiger partial charge on any atom is 0.150 e. The molecular formula is C17H20BrN5O2. The van der Waals surface area contributed by atoms with Gasteiger partial charge in [-0.1, -0.05) is 5.11 Å². The summed E-state index contributed by atoms with van der Waals surface area (Å²) < 4.78 is 8.79. The van der Waals surface area contributed by atoms with Gasteiger partial charge in [0.05, 0.1) is 18.3 Å². The number of carbonyl (C=O) groups is 1. The molecule has 1 saturated heterocycles. The first-order valence-corrected chi connectivity index (χ1v) is 9.20. The lowest BCUT2D eigenvalue weighted by Crippen LogP contribution is -2.19. The summed E-state index contributed by atoms with van der Waals surface area (Å²) >= 11 is 3.69. The van der Waals surface area contributed by atoms with Crippen molar-refractivity contribution in [3.63, 3.8) is 0 Å². The number of aryl methyl sites for hydroxylation is 1. The van der Waals surface area contributed by atoms with Gasteiger partial charge in [-0.15, -0.1) is 0 Å². The summed E-state index contributed by atoms with van der Waals surface area (Å²) in [7, 11) is 0. The van der Waals surface area contributed by atoms with Crippen LogP contribution in [-0.4, -0.2) is 28.7 Å². The Bertz CT molecular complexity index is 835. The monoisotopic (exact) mass is 405 g/mol. The van der Waals surface area contributed by atoms with Crippen molar-refractivity contribution >= 4 is 32.6 Å². The van der Waals surface area contributed by atoms with Crippen LogP contribution < -0.4 is 0 Å². The Balaban J connectivity index is 1.86. The van der Waals surface area contributed by atoms with Gasteiger partial charge in [0.25, 0.3) is 0 Å². The van der Waals surface area contributed by atoms with E-state index in [-0.39, 0.29) is 18.6 Å². The summed E-state index contributed by atoms with van der Waals surface area (Å²) in [5, 5.41) is 8.89. The molecule has 1 unspecified atom stereocenters. The molecule has 132 valence electrons. The number of nitrogens with zero attached hydrogens (tertiary/aromatic N) is 5. The zero-order valence-corrected chi connectivity index (χ0v) is 15.7. The van der Waals surface area contributed by atoms with Gasteiger partial charge >= 0.3 is 0 Å². The predicted octanol–water partition coefficient (Wildman–Crippen LogP) is 4.62. The third kappa shape index (κ3) is 3.86. The van der Waals surface area contributed by atoms with Gasteiger partial charge in [-0.3, -0.25) is 4.79 Å². The molecule has 1 aromatic carbocycles. The van der Waals surface area contributed by atoms with Crippen LogP contribution in [0, 0.1) is 6.92 Å². The van der Waals surface area contributed by atoms with Crippen LogP contribution >= 0.6 is 15.9 Å². The number of hydrogen-bond acceptors (Lipinski definition) is 4. The van der Waals surface area contributed by atoms with Crippen molar-refractivity contribution in [1.82, 2.24) is 9.78 Å². The van der Waals surface area contributed by atoms with E-state index in [4.69, 9.17) is 10.3 Å². The van der Waals surface area contributed by atoms with Gasteiger partial charge in [-0.2, -0.15) is 5.10 Å². The molecule has 1 fully saturated rings. The number of azide groups is 1. The highest BCUT2D eigenvalue weighted by molar-refractivity contribution is 9.10. The van der Waals surface area contributed by atoms with E-state index >= 15 is 0 Å². The fourth-order valence-corrected chi connectivity index (χ4v) is 4.04. The number of fused-ring (bicyclic) bond motifs is 1. The summed E-state index contributed by atoms with van der Waals surface area (Å²) in [6.45, 7) is 2.72. The molecule has 0 aliphatic carbocycles. The average Bonchev–Trinajstić information content (AvgIpc) is 3.04. The molecule has 0 saturated carbocycles. The standard InChI is InChI=1S/C17H20BrN5O2/c1-11-8-15-14(10-21-23(15)16-4-2-3-7-25-16)17(18)13(11)6-5-12(24)9-20-22-19/h8,10,16H,2-7,9H2,1H3. The molecule has 1 atom stereocenters. The number of benzene rings is 1. The van der Waals surface area contributed by atoms with Crippen LogP contribution in [0.15, 0.2) is 21.9 Å². The minimum atomic E-state index is -0.0909. The fourth-order valence-electron chi connectivity index (χ4n) is 3.22. The third-order valence-corrected chi connectivity index (χ3v) is 5.46. The van der Waals surface area contributed by atoms with Crippen LogP contribution in [0.3, 0.4) is 0 Å². The van der Waals surface area contributed by atoms with Gasteiger partial charge in [0.1, 0.15) is 5.78 Å². The van der Waals surface area contributed by atoms with Crippen LogP contribution in [-0.2, 0) is 16.0 Å². The second-order valence-electron chi connectivity index (χ2n) is 6.26. The van der Waals surface area contributed by atoms with E-state index in [0.717, 1.165) is 52.4 Å².